The summed E-state index contributed by atoms with van der Waals surface area (Å²) in [6.45, 7) is 1.97. The summed E-state index contributed by atoms with van der Waals surface area (Å²) in [4.78, 5) is 15.9. The van der Waals surface area contributed by atoms with Crippen LogP contribution in [-0.4, -0.2) is 30.9 Å². The number of fused-ring (bicyclic) bond motifs is 4. The van der Waals surface area contributed by atoms with Crippen LogP contribution in [0.5, 0.6) is 5.75 Å². The highest BCUT2D eigenvalue weighted by molar-refractivity contribution is 7.99. The van der Waals surface area contributed by atoms with Gasteiger partial charge in [-0.3, -0.25) is 0 Å². The molecule has 2 aromatic rings. The molecule has 0 N–H and O–H groups in total. The van der Waals surface area contributed by atoms with Gasteiger partial charge in [0, 0.05) is 20.9 Å². The van der Waals surface area contributed by atoms with Gasteiger partial charge in [-0.15, -0.1) is 0 Å². The van der Waals surface area contributed by atoms with Crippen LogP contribution in [0.2, 0.25) is 0 Å². The molecule has 6 aliphatic rings. The summed E-state index contributed by atoms with van der Waals surface area (Å²) in [6.07, 6.45) is 6.95. The summed E-state index contributed by atoms with van der Waals surface area (Å²) in [7, 11) is 1.65. The lowest BCUT2D eigenvalue weighted by Crippen LogP contribution is -2.55. The molecular formula is C28H30O5S. The molecule has 0 amide bonds. The predicted octanol–water partition coefficient (Wildman–Crippen LogP) is 5.68. The van der Waals surface area contributed by atoms with Crippen LogP contribution in [0.3, 0.4) is 0 Å². The van der Waals surface area contributed by atoms with Crippen LogP contribution in [0.1, 0.15) is 56.6 Å². The minimum absolute atomic E-state index is 0.147. The number of hydrogen-bond donors (Lipinski definition) is 0. The molecule has 6 heteroatoms. The zero-order chi connectivity index (χ0) is 23.1. The second kappa shape index (κ2) is 7.25. The van der Waals surface area contributed by atoms with Crippen LogP contribution in [0.25, 0.3) is 0 Å². The molecule has 2 aliphatic heterocycles. The topological polar surface area (TPSA) is 54.0 Å². The number of hydrogen-bond acceptors (Lipinski definition) is 6. The van der Waals surface area contributed by atoms with Gasteiger partial charge in [0.05, 0.1) is 13.7 Å². The summed E-state index contributed by atoms with van der Waals surface area (Å²) >= 11 is 1.68. The molecule has 8 rings (SSSR count). The van der Waals surface area contributed by atoms with E-state index in [4.69, 9.17) is 18.9 Å². The first-order valence-electron chi connectivity index (χ1n) is 12.4. The van der Waals surface area contributed by atoms with Gasteiger partial charge in [-0.1, -0.05) is 30.0 Å². The Morgan fingerprint density at radius 1 is 0.971 bits per heavy atom. The average molecular weight is 479 g/mol. The normalized spacial score (nSPS) is 39.1. The zero-order valence-corrected chi connectivity index (χ0v) is 20.5. The van der Waals surface area contributed by atoms with E-state index in [9.17, 15) is 4.79 Å². The lowest BCUT2D eigenvalue weighted by molar-refractivity contribution is -0.216. The highest BCUT2D eigenvalue weighted by Crippen LogP contribution is 2.59. The lowest BCUT2D eigenvalue weighted by atomic mass is 9.54. The summed E-state index contributed by atoms with van der Waals surface area (Å²) in [5.74, 6) is 1.41. The summed E-state index contributed by atoms with van der Waals surface area (Å²) in [6, 6.07) is 14.1. The second-order valence-electron chi connectivity index (χ2n) is 11.2. The third-order valence-corrected chi connectivity index (χ3v) is 9.80. The van der Waals surface area contributed by atoms with Crippen molar-refractivity contribution in [1.82, 2.24) is 0 Å². The van der Waals surface area contributed by atoms with E-state index >= 15 is 0 Å². The van der Waals surface area contributed by atoms with Crippen molar-refractivity contribution in [3.63, 3.8) is 0 Å². The summed E-state index contributed by atoms with van der Waals surface area (Å²) < 4.78 is 25.2. The molecule has 1 saturated heterocycles. The molecule has 0 radical (unpaired) electrons. The minimum atomic E-state index is -1.18. The van der Waals surface area contributed by atoms with Crippen molar-refractivity contribution in [2.45, 2.75) is 72.2 Å². The number of esters is 1. The van der Waals surface area contributed by atoms with Crippen LogP contribution < -0.4 is 4.74 Å². The molecule has 1 unspecified atom stereocenters. The third-order valence-electron chi connectivity index (χ3n) is 8.65. The molecule has 2 heterocycles. The van der Waals surface area contributed by atoms with E-state index in [0.717, 1.165) is 45.9 Å². The summed E-state index contributed by atoms with van der Waals surface area (Å²) in [5.41, 5.74) is 0.308. The van der Waals surface area contributed by atoms with Gasteiger partial charge >= 0.3 is 5.97 Å². The van der Waals surface area contributed by atoms with Gasteiger partial charge in [-0.2, -0.15) is 0 Å². The van der Waals surface area contributed by atoms with Crippen molar-refractivity contribution in [2.75, 3.05) is 13.7 Å². The van der Waals surface area contributed by atoms with E-state index in [-0.39, 0.29) is 18.2 Å². The van der Waals surface area contributed by atoms with Crippen molar-refractivity contribution in [3.05, 3.63) is 53.6 Å². The Hall–Kier alpha value is -2.02. The van der Waals surface area contributed by atoms with Crippen molar-refractivity contribution in [3.8, 4) is 5.75 Å². The molecule has 2 aromatic carbocycles. The van der Waals surface area contributed by atoms with Crippen LogP contribution in [0.4, 0.5) is 0 Å². The SMILES string of the molecule is COc1ccc2c(c1)[C@@]1(OCC(C)(C(=O)OC34CC5CC(CC(C5)C3)C4)O1)c1ccccc1S2. The van der Waals surface area contributed by atoms with E-state index in [2.05, 4.69) is 6.07 Å². The maximum atomic E-state index is 13.8. The minimum Gasteiger partial charge on any atom is -0.497 e. The molecule has 4 aliphatic carbocycles. The molecule has 4 saturated carbocycles. The van der Waals surface area contributed by atoms with Crippen molar-refractivity contribution in [2.24, 2.45) is 17.8 Å². The Bertz CT molecular complexity index is 1140. The first kappa shape index (κ1) is 21.3. The zero-order valence-electron chi connectivity index (χ0n) is 19.7. The Labute approximate surface area is 204 Å². The van der Waals surface area contributed by atoms with Gasteiger partial charge in [-0.25, -0.2) is 4.79 Å². The van der Waals surface area contributed by atoms with Gasteiger partial charge < -0.3 is 18.9 Å². The van der Waals surface area contributed by atoms with Gasteiger partial charge in [0.25, 0.3) is 0 Å². The Morgan fingerprint density at radius 2 is 1.65 bits per heavy atom. The fourth-order valence-electron chi connectivity index (χ4n) is 7.52. The highest BCUT2D eigenvalue weighted by Gasteiger charge is 2.60. The van der Waals surface area contributed by atoms with E-state index in [1.807, 2.05) is 43.3 Å². The lowest BCUT2D eigenvalue weighted by Gasteiger charge is -2.56. The first-order valence-corrected chi connectivity index (χ1v) is 13.3. The quantitative estimate of drug-likeness (QED) is 0.529. The molecule has 5 nitrogen and oxygen atoms in total. The van der Waals surface area contributed by atoms with Gasteiger partial charge in [0.2, 0.25) is 5.79 Å². The average Bonchev–Trinajstić information content (AvgIpc) is 3.17. The Kier molecular flexibility index (Phi) is 4.54. The summed E-state index contributed by atoms with van der Waals surface area (Å²) in [5, 5.41) is 0. The molecule has 0 aromatic heterocycles. The number of carbonyl (C=O) groups is 1. The molecular weight excluding hydrogens is 448 g/mol. The van der Waals surface area contributed by atoms with Crippen molar-refractivity contribution < 1.29 is 23.7 Å². The van der Waals surface area contributed by atoms with Crippen molar-refractivity contribution >= 4 is 17.7 Å². The first-order chi connectivity index (χ1) is 16.4. The smallest absolute Gasteiger partial charge is 0.341 e. The van der Waals surface area contributed by atoms with Gasteiger partial charge in [0.15, 0.2) is 5.60 Å². The highest BCUT2D eigenvalue weighted by atomic mass is 32.2. The maximum Gasteiger partial charge on any atom is 0.341 e. The van der Waals surface area contributed by atoms with Crippen LogP contribution in [-0.2, 0) is 24.8 Å². The molecule has 2 atom stereocenters. The van der Waals surface area contributed by atoms with Gasteiger partial charge in [-0.05, 0) is 87.5 Å². The molecule has 178 valence electrons. The van der Waals surface area contributed by atoms with Crippen LogP contribution >= 0.6 is 11.8 Å². The number of methoxy groups -OCH3 is 1. The third kappa shape index (κ3) is 3.04. The Balaban J connectivity index is 1.24. The maximum absolute atomic E-state index is 13.8. The largest absolute Gasteiger partial charge is 0.497 e. The molecule has 1 spiro atoms. The molecule has 5 fully saturated rings. The fraction of sp³-hybridized carbons (Fsp3) is 0.536. The Morgan fingerprint density at radius 3 is 2.35 bits per heavy atom. The monoisotopic (exact) mass is 478 g/mol. The number of ether oxygens (including phenoxy) is 4. The van der Waals surface area contributed by atoms with Crippen LogP contribution in [0.15, 0.2) is 52.3 Å². The number of rotatable bonds is 3. The van der Waals surface area contributed by atoms with Crippen molar-refractivity contribution in [1.29, 1.82) is 0 Å². The number of carbonyl (C=O) groups excluding carboxylic acids is 1. The fourth-order valence-corrected chi connectivity index (χ4v) is 8.65. The van der Waals surface area contributed by atoms with E-state index in [0.29, 0.717) is 17.8 Å². The predicted molar refractivity (Wildman–Crippen MR) is 127 cm³/mol. The molecule has 34 heavy (non-hydrogen) atoms. The standard InChI is InChI=1S/C28H30O5S/c1-26(25(29)32-27-13-17-9-18(14-27)11-19(10-17)15-27)16-31-28(33-26)21-5-3-4-6-23(21)34-24-8-7-20(30-2)12-22(24)28/h3-8,12,17-19H,9-11,13-16H2,1-2H3/t17?,18?,19?,26?,27?,28-/m1/s1. The van der Waals surface area contributed by atoms with Gasteiger partial charge in [0.1, 0.15) is 11.4 Å². The molecule has 4 bridgehead atoms. The van der Waals surface area contributed by atoms with Crippen LogP contribution in [0, 0.1) is 17.8 Å². The van der Waals surface area contributed by atoms with E-state index in [1.165, 1.54) is 19.3 Å². The van der Waals surface area contributed by atoms with E-state index in [1.54, 1.807) is 18.9 Å². The number of benzene rings is 2. The second-order valence-corrected chi connectivity index (χ2v) is 12.3. The van der Waals surface area contributed by atoms with E-state index < -0.39 is 11.4 Å².